The predicted molar refractivity (Wildman–Crippen MR) is 113 cm³/mol. The number of carbonyl (C=O) groups excluding carboxylic acids is 1. The second kappa shape index (κ2) is 23.0. The molecule has 0 rings (SSSR count). The summed E-state index contributed by atoms with van der Waals surface area (Å²) in [5.74, 6) is 0.136. The maximum absolute atomic E-state index is 11.1. The number of nitrogens with two attached hydrogens (primary N) is 1. The van der Waals surface area contributed by atoms with E-state index in [1.807, 2.05) is 57.2 Å². The highest BCUT2D eigenvalue weighted by molar-refractivity contribution is 5.79. The molecule has 0 aromatic heterocycles. The van der Waals surface area contributed by atoms with Gasteiger partial charge in [0.05, 0.1) is 12.6 Å². The molecule has 0 saturated carbocycles. The van der Waals surface area contributed by atoms with Gasteiger partial charge < -0.3 is 10.8 Å². The van der Waals surface area contributed by atoms with Gasteiger partial charge >= 0.3 is 0 Å². The number of alkyl halides is 1. The molecule has 26 heavy (non-hydrogen) atoms. The topological polar surface area (TPSA) is 63.3 Å². The predicted octanol–water partition coefficient (Wildman–Crippen LogP) is 4.87. The Balaban J connectivity index is -0.000000556. The Morgan fingerprint density at radius 1 is 1.19 bits per heavy atom. The van der Waals surface area contributed by atoms with E-state index in [9.17, 15) is 9.18 Å². The zero-order valence-electron chi connectivity index (χ0n) is 16.7. The molecule has 0 saturated heterocycles. The normalized spacial score (nSPS) is 13.6. The lowest BCUT2D eigenvalue weighted by Gasteiger charge is -2.00. The van der Waals surface area contributed by atoms with Crippen molar-refractivity contribution in [2.75, 3.05) is 13.3 Å². The van der Waals surface area contributed by atoms with Crippen LogP contribution in [-0.4, -0.2) is 30.2 Å². The minimum atomic E-state index is -0.676. The molecule has 0 spiro atoms. The lowest BCUT2D eigenvalue weighted by atomic mass is 10.0. The molecule has 0 bridgehead atoms. The smallest absolute Gasteiger partial charge is 0.136 e. The van der Waals surface area contributed by atoms with Crippen LogP contribution in [-0.2, 0) is 4.79 Å². The molecule has 3 nitrogen and oxygen atoms in total. The molecule has 0 fully saturated rings. The molecule has 0 aliphatic rings. The van der Waals surface area contributed by atoms with Gasteiger partial charge in [0.1, 0.15) is 12.5 Å². The first-order valence-corrected chi connectivity index (χ1v) is 8.79. The van der Waals surface area contributed by atoms with E-state index in [1.165, 1.54) is 0 Å². The molecular weight excluding hydrogens is 329 g/mol. The lowest BCUT2D eigenvalue weighted by Crippen LogP contribution is -2.26. The van der Waals surface area contributed by atoms with Crippen LogP contribution in [0.5, 0.6) is 0 Å². The molecule has 0 radical (unpaired) electrons. The molecule has 3 N–H and O–H groups in total. The quantitative estimate of drug-likeness (QED) is 0.543. The maximum atomic E-state index is 11.1. The van der Waals surface area contributed by atoms with Crippen LogP contribution in [0, 0.1) is 5.92 Å². The molecule has 148 valence electrons. The summed E-state index contributed by atoms with van der Waals surface area (Å²) in [6.07, 6.45) is 18.0. The number of rotatable bonds is 10. The maximum Gasteiger partial charge on any atom is 0.136 e. The van der Waals surface area contributed by atoms with Crippen molar-refractivity contribution in [2.45, 2.75) is 40.2 Å². The molecule has 0 aliphatic heterocycles. The average Bonchev–Trinajstić information content (AvgIpc) is 2.66. The van der Waals surface area contributed by atoms with Crippen molar-refractivity contribution in [1.82, 2.24) is 0 Å². The Hall–Kier alpha value is -2.04. The molecule has 0 aromatic rings. The van der Waals surface area contributed by atoms with Crippen LogP contribution in [0.1, 0.15) is 34.1 Å². The highest BCUT2D eigenvalue weighted by atomic mass is 19.1. The first kappa shape index (κ1) is 28.8. The van der Waals surface area contributed by atoms with Gasteiger partial charge in [-0.2, -0.15) is 0 Å². The van der Waals surface area contributed by atoms with Crippen molar-refractivity contribution in [3.05, 3.63) is 73.4 Å². The number of allylic oxidation sites excluding steroid dienone is 10. The van der Waals surface area contributed by atoms with Crippen LogP contribution >= 0.6 is 0 Å². The van der Waals surface area contributed by atoms with Crippen molar-refractivity contribution in [3.63, 3.8) is 0 Å². The van der Waals surface area contributed by atoms with E-state index in [0.717, 1.165) is 12.0 Å². The van der Waals surface area contributed by atoms with Crippen molar-refractivity contribution in [1.29, 1.82) is 0 Å². The monoisotopic (exact) mass is 365 g/mol. The van der Waals surface area contributed by atoms with Crippen molar-refractivity contribution >= 4 is 5.78 Å². The third kappa shape index (κ3) is 22.0. The summed E-state index contributed by atoms with van der Waals surface area (Å²) < 4.78 is 11.1. The van der Waals surface area contributed by atoms with Gasteiger partial charge in [0.2, 0.25) is 0 Å². The van der Waals surface area contributed by atoms with E-state index in [-0.39, 0.29) is 18.3 Å². The summed E-state index contributed by atoms with van der Waals surface area (Å²) in [5.41, 5.74) is 5.97. The van der Waals surface area contributed by atoms with Crippen molar-refractivity contribution < 1.29 is 14.3 Å². The van der Waals surface area contributed by atoms with Gasteiger partial charge in [-0.05, 0) is 18.9 Å². The van der Waals surface area contributed by atoms with Gasteiger partial charge in [0.25, 0.3) is 0 Å². The van der Waals surface area contributed by atoms with Crippen LogP contribution in [0.4, 0.5) is 4.39 Å². The Morgan fingerprint density at radius 3 is 2.19 bits per heavy atom. The fraction of sp³-hybridized carbons (Fsp3) is 0.409. The summed E-state index contributed by atoms with van der Waals surface area (Å²) in [5, 5.41) is 7.97. The third-order valence-electron chi connectivity index (χ3n) is 2.85. The van der Waals surface area contributed by atoms with Gasteiger partial charge in [-0.3, -0.25) is 4.79 Å². The first-order chi connectivity index (χ1) is 12.4. The Kier molecular flexibility index (Phi) is 25.4. The summed E-state index contributed by atoms with van der Waals surface area (Å²) >= 11 is 0. The summed E-state index contributed by atoms with van der Waals surface area (Å²) in [7, 11) is 0. The van der Waals surface area contributed by atoms with Gasteiger partial charge in [-0.15, -0.1) is 0 Å². The largest absolute Gasteiger partial charge is 0.395 e. The molecule has 2 unspecified atom stereocenters. The van der Waals surface area contributed by atoms with Crippen LogP contribution in [0.2, 0.25) is 0 Å². The second-order valence-corrected chi connectivity index (χ2v) is 5.09. The minimum Gasteiger partial charge on any atom is -0.395 e. The second-order valence-electron chi connectivity index (χ2n) is 5.09. The molecule has 2 atom stereocenters. The van der Waals surface area contributed by atoms with Crippen molar-refractivity contribution in [2.24, 2.45) is 11.7 Å². The number of Topliss-reactive ketones (excluding diaryl/α,β-unsaturated/α-hetero) is 1. The molecule has 0 aliphatic carbocycles. The lowest BCUT2D eigenvalue weighted by molar-refractivity contribution is -0.118. The summed E-state index contributed by atoms with van der Waals surface area (Å²) in [6, 6.07) is -0.676. The molecule has 0 aromatic carbocycles. The Morgan fingerprint density at radius 2 is 1.81 bits per heavy atom. The van der Waals surface area contributed by atoms with Gasteiger partial charge in [0, 0.05) is 5.92 Å². The zero-order chi connectivity index (χ0) is 20.8. The minimum absolute atomic E-state index is 0.0390. The molecule has 4 heteroatoms. The number of hydrogen-bond acceptors (Lipinski definition) is 3. The summed E-state index contributed by atoms with van der Waals surface area (Å²) in [6.45, 7) is 13.9. The van der Waals surface area contributed by atoms with Gasteiger partial charge in [-0.1, -0.05) is 88.6 Å². The van der Waals surface area contributed by atoms with E-state index in [2.05, 4.69) is 19.2 Å². The van der Waals surface area contributed by atoms with Crippen LogP contribution in [0.25, 0.3) is 0 Å². The number of ketones is 1. The number of aliphatic hydroxyl groups excluding tert-OH is 1. The summed E-state index contributed by atoms with van der Waals surface area (Å²) in [4.78, 5) is 11.1. The van der Waals surface area contributed by atoms with E-state index >= 15 is 0 Å². The van der Waals surface area contributed by atoms with Gasteiger partial charge in [-0.25, -0.2) is 4.39 Å². The van der Waals surface area contributed by atoms with Crippen LogP contribution in [0.3, 0.4) is 0 Å². The van der Waals surface area contributed by atoms with E-state index < -0.39 is 12.7 Å². The Bertz CT molecular complexity index is 473. The van der Waals surface area contributed by atoms with Crippen molar-refractivity contribution in [3.8, 4) is 0 Å². The highest BCUT2D eigenvalue weighted by Crippen LogP contribution is 2.08. The molecule has 0 heterocycles. The number of aliphatic hydroxyl groups is 1. The molecule has 0 amide bonds. The molecular formula is C22H36FNO2. The van der Waals surface area contributed by atoms with Crippen LogP contribution < -0.4 is 5.73 Å². The Labute approximate surface area is 159 Å². The first-order valence-electron chi connectivity index (χ1n) is 8.79. The third-order valence-corrected chi connectivity index (χ3v) is 2.85. The fourth-order valence-corrected chi connectivity index (χ4v) is 1.22. The fourth-order valence-electron chi connectivity index (χ4n) is 1.22. The van der Waals surface area contributed by atoms with E-state index in [1.54, 1.807) is 19.1 Å². The number of carbonyl (C=O) groups is 1. The van der Waals surface area contributed by atoms with E-state index in [4.69, 9.17) is 10.8 Å². The number of halogens is 1. The number of hydrogen-bond donors (Lipinski definition) is 2. The average molecular weight is 366 g/mol. The zero-order valence-corrected chi connectivity index (χ0v) is 16.7. The highest BCUT2D eigenvalue weighted by Gasteiger charge is 2.01. The SMILES string of the molecule is C=C/C=C\C=C/CC(/C=C\C(C)C(C)=O)=C/C=C.CC.NC(CO)CF. The van der Waals surface area contributed by atoms with E-state index in [0.29, 0.717) is 0 Å². The standard InChI is InChI=1S/C17H22O.C3H8FNO.C2H6/c1-5-7-8-9-10-12-17(11-6-2)14-13-15(3)16(4)18;4-1-3(5)2-6;1-2/h5-11,13-15H,1-2,12H2,3-4H3;3,6H,1-2,5H2;1-2H3/b8-7-,10-9-,14-13-,17-11-;;. The van der Waals surface area contributed by atoms with Crippen LogP contribution in [0.15, 0.2) is 73.4 Å². The van der Waals surface area contributed by atoms with Gasteiger partial charge in [0.15, 0.2) is 0 Å².